The SMILES string of the molecule is Cc1ccc(NC(=O)C[n+]2ccc3c(c2)CCCC3)cc1Br. The van der Waals surface area contributed by atoms with Gasteiger partial charge in [0.2, 0.25) is 6.54 Å². The molecule has 0 radical (unpaired) electrons. The number of amides is 1. The van der Waals surface area contributed by atoms with Crippen molar-refractivity contribution in [2.24, 2.45) is 0 Å². The molecule has 1 aromatic carbocycles. The van der Waals surface area contributed by atoms with E-state index in [0.717, 1.165) is 22.1 Å². The topological polar surface area (TPSA) is 33.0 Å². The minimum absolute atomic E-state index is 0.00323. The van der Waals surface area contributed by atoms with E-state index in [0.29, 0.717) is 6.54 Å². The highest BCUT2D eigenvalue weighted by atomic mass is 79.9. The molecule has 114 valence electrons. The van der Waals surface area contributed by atoms with Crippen LogP contribution < -0.4 is 9.88 Å². The van der Waals surface area contributed by atoms with E-state index in [9.17, 15) is 4.79 Å². The third-order valence-electron chi connectivity index (χ3n) is 4.13. The summed E-state index contributed by atoms with van der Waals surface area (Å²) in [4.78, 5) is 12.2. The van der Waals surface area contributed by atoms with Gasteiger partial charge in [0.15, 0.2) is 12.4 Å². The van der Waals surface area contributed by atoms with Gasteiger partial charge in [-0.15, -0.1) is 0 Å². The molecular formula is C18H20BrN2O+. The number of aromatic nitrogens is 1. The number of fused-ring (bicyclic) bond motifs is 1. The lowest BCUT2D eigenvalue weighted by molar-refractivity contribution is -0.684. The van der Waals surface area contributed by atoms with Crippen molar-refractivity contribution in [1.29, 1.82) is 0 Å². The van der Waals surface area contributed by atoms with Crippen LogP contribution in [0.5, 0.6) is 0 Å². The van der Waals surface area contributed by atoms with Gasteiger partial charge < -0.3 is 5.32 Å². The highest BCUT2D eigenvalue weighted by Crippen LogP contribution is 2.21. The van der Waals surface area contributed by atoms with E-state index in [4.69, 9.17) is 0 Å². The Hall–Kier alpha value is -1.68. The number of rotatable bonds is 3. The van der Waals surface area contributed by atoms with Gasteiger partial charge in [0.25, 0.3) is 5.91 Å². The van der Waals surface area contributed by atoms with Crippen molar-refractivity contribution in [3.63, 3.8) is 0 Å². The zero-order valence-electron chi connectivity index (χ0n) is 12.7. The lowest BCUT2D eigenvalue weighted by atomic mass is 9.93. The summed E-state index contributed by atoms with van der Waals surface area (Å²) in [6, 6.07) is 8.01. The lowest BCUT2D eigenvalue weighted by Gasteiger charge is -2.13. The Bertz CT molecular complexity index is 712. The summed E-state index contributed by atoms with van der Waals surface area (Å²) in [7, 11) is 0. The number of nitrogens with zero attached hydrogens (tertiary/aromatic N) is 1. The number of carbonyl (C=O) groups excluding carboxylic acids is 1. The molecule has 1 amide bonds. The molecule has 0 unspecified atom stereocenters. The zero-order chi connectivity index (χ0) is 15.5. The third kappa shape index (κ3) is 3.55. The van der Waals surface area contributed by atoms with Gasteiger partial charge in [-0.1, -0.05) is 22.0 Å². The summed E-state index contributed by atoms with van der Waals surface area (Å²) in [5.41, 5.74) is 4.80. The first-order valence-corrected chi connectivity index (χ1v) is 8.48. The van der Waals surface area contributed by atoms with E-state index >= 15 is 0 Å². The Balaban J connectivity index is 1.67. The zero-order valence-corrected chi connectivity index (χ0v) is 14.3. The van der Waals surface area contributed by atoms with Crippen molar-refractivity contribution >= 4 is 27.5 Å². The summed E-state index contributed by atoms with van der Waals surface area (Å²) in [5.74, 6) is -0.00323. The fourth-order valence-electron chi connectivity index (χ4n) is 2.85. The number of carbonyl (C=O) groups is 1. The average Bonchev–Trinajstić information content (AvgIpc) is 2.51. The first-order valence-electron chi connectivity index (χ1n) is 7.69. The summed E-state index contributed by atoms with van der Waals surface area (Å²) >= 11 is 3.49. The van der Waals surface area contributed by atoms with Gasteiger partial charge in [-0.25, -0.2) is 0 Å². The summed E-state index contributed by atoms with van der Waals surface area (Å²) in [6.45, 7) is 2.37. The van der Waals surface area contributed by atoms with Gasteiger partial charge >= 0.3 is 0 Å². The largest absolute Gasteiger partial charge is 0.321 e. The molecule has 2 aromatic rings. The summed E-state index contributed by atoms with van der Waals surface area (Å²) < 4.78 is 2.98. The molecule has 1 heterocycles. The lowest BCUT2D eigenvalue weighted by Crippen LogP contribution is -2.40. The molecule has 4 heteroatoms. The maximum Gasteiger partial charge on any atom is 0.290 e. The smallest absolute Gasteiger partial charge is 0.290 e. The Morgan fingerprint density at radius 3 is 2.77 bits per heavy atom. The van der Waals surface area contributed by atoms with Crippen LogP contribution in [0.2, 0.25) is 0 Å². The van der Waals surface area contributed by atoms with E-state index in [2.05, 4.69) is 33.5 Å². The van der Waals surface area contributed by atoms with Crippen LogP contribution in [0.25, 0.3) is 0 Å². The standard InChI is InChI=1S/C18H19BrN2O/c1-13-6-7-16(10-17(13)19)20-18(22)12-21-9-8-14-4-2-3-5-15(14)11-21/h6-11H,2-5,12H2,1H3/p+1. The molecule has 3 rings (SSSR count). The van der Waals surface area contributed by atoms with Crippen LogP contribution in [0.3, 0.4) is 0 Å². The van der Waals surface area contributed by atoms with Crippen LogP contribution >= 0.6 is 15.9 Å². The molecule has 0 aliphatic heterocycles. The first kappa shape index (κ1) is 15.2. The van der Waals surface area contributed by atoms with E-state index in [1.807, 2.05) is 35.9 Å². The van der Waals surface area contributed by atoms with Crippen LogP contribution in [-0.4, -0.2) is 5.91 Å². The Morgan fingerprint density at radius 2 is 2.00 bits per heavy atom. The van der Waals surface area contributed by atoms with Crippen LogP contribution in [0.1, 0.15) is 29.5 Å². The molecule has 1 N–H and O–H groups in total. The number of hydrogen-bond donors (Lipinski definition) is 1. The van der Waals surface area contributed by atoms with Crippen molar-refractivity contribution in [1.82, 2.24) is 0 Å². The number of anilines is 1. The minimum Gasteiger partial charge on any atom is -0.321 e. The van der Waals surface area contributed by atoms with Crippen molar-refractivity contribution in [2.45, 2.75) is 39.2 Å². The van der Waals surface area contributed by atoms with Crippen molar-refractivity contribution in [2.75, 3.05) is 5.32 Å². The van der Waals surface area contributed by atoms with Gasteiger partial charge in [-0.2, -0.15) is 4.57 Å². The predicted octanol–water partition coefficient (Wildman–Crippen LogP) is 3.56. The number of halogens is 1. The van der Waals surface area contributed by atoms with Crippen LogP contribution in [0, 0.1) is 6.92 Å². The molecule has 1 aliphatic carbocycles. The normalized spacial score (nSPS) is 13.5. The van der Waals surface area contributed by atoms with Crippen molar-refractivity contribution in [3.05, 3.63) is 57.8 Å². The van der Waals surface area contributed by atoms with Crippen molar-refractivity contribution < 1.29 is 9.36 Å². The first-order chi connectivity index (χ1) is 10.6. The monoisotopic (exact) mass is 359 g/mol. The van der Waals surface area contributed by atoms with Gasteiger partial charge in [-0.05, 0) is 55.9 Å². The predicted molar refractivity (Wildman–Crippen MR) is 90.8 cm³/mol. The molecule has 0 atom stereocenters. The molecule has 3 nitrogen and oxygen atoms in total. The Labute approximate surface area is 139 Å². The van der Waals surface area contributed by atoms with E-state index < -0.39 is 0 Å². The molecule has 0 spiro atoms. The molecule has 1 aliphatic rings. The van der Waals surface area contributed by atoms with Crippen LogP contribution in [-0.2, 0) is 24.2 Å². The molecular weight excluding hydrogens is 340 g/mol. The van der Waals surface area contributed by atoms with Crippen LogP contribution in [0.4, 0.5) is 5.69 Å². The highest BCUT2D eigenvalue weighted by molar-refractivity contribution is 9.10. The fraction of sp³-hybridized carbons (Fsp3) is 0.333. The summed E-state index contributed by atoms with van der Waals surface area (Å²) in [6.07, 6.45) is 8.96. The maximum atomic E-state index is 12.2. The molecule has 0 bridgehead atoms. The van der Waals surface area contributed by atoms with E-state index in [-0.39, 0.29) is 5.91 Å². The van der Waals surface area contributed by atoms with Crippen molar-refractivity contribution in [3.8, 4) is 0 Å². The number of benzene rings is 1. The molecule has 0 saturated carbocycles. The number of hydrogen-bond acceptors (Lipinski definition) is 1. The fourth-order valence-corrected chi connectivity index (χ4v) is 3.23. The second-order valence-electron chi connectivity index (χ2n) is 5.89. The number of pyridine rings is 1. The summed E-state index contributed by atoms with van der Waals surface area (Å²) in [5, 5.41) is 2.95. The average molecular weight is 360 g/mol. The van der Waals surface area contributed by atoms with Crippen LogP contribution in [0.15, 0.2) is 41.1 Å². The molecule has 0 fully saturated rings. The second-order valence-corrected chi connectivity index (χ2v) is 6.74. The highest BCUT2D eigenvalue weighted by Gasteiger charge is 2.16. The quantitative estimate of drug-likeness (QED) is 0.835. The van der Waals surface area contributed by atoms with Gasteiger partial charge in [-0.3, -0.25) is 4.79 Å². The van der Waals surface area contributed by atoms with Gasteiger partial charge in [0, 0.05) is 21.8 Å². The Morgan fingerprint density at radius 1 is 1.23 bits per heavy atom. The van der Waals surface area contributed by atoms with Gasteiger partial charge in [0.05, 0.1) is 0 Å². The number of nitrogens with one attached hydrogen (secondary N) is 1. The number of aryl methyl sites for hydroxylation is 3. The molecule has 22 heavy (non-hydrogen) atoms. The van der Waals surface area contributed by atoms with Gasteiger partial charge in [0.1, 0.15) is 0 Å². The molecule has 1 aromatic heterocycles. The maximum absolute atomic E-state index is 12.2. The second kappa shape index (κ2) is 6.61. The molecule has 0 saturated heterocycles. The minimum atomic E-state index is -0.00323. The van der Waals surface area contributed by atoms with E-state index in [1.165, 1.54) is 30.4 Å². The third-order valence-corrected chi connectivity index (χ3v) is 4.98. The van der Waals surface area contributed by atoms with E-state index in [1.54, 1.807) is 0 Å². The Kier molecular flexibility index (Phi) is 4.57.